The lowest BCUT2D eigenvalue weighted by atomic mass is 10.1. The molecule has 1 aromatic heterocycles. The maximum atomic E-state index is 11.1. The fourth-order valence-corrected chi connectivity index (χ4v) is 3.98. The number of nitrogens with one attached hydrogen (secondary N) is 1. The molecule has 3 heterocycles. The third kappa shape index (κ3) is 5.38. The highest BCUT2D eigenvalue weighted by atomic mass is 35.5. The van der Waals surface area contributed by atoms with E-state index in [9.17, 15) is 10.1 Å². The first kappa shape index (κ1) is 21.2. The predicted octanol–water partition coefficient (Wildman–Crippen LogP) is 3.86. The highest BCUT2D eigenvalue weighted by Crippen LogP contribution is 2.25. The van der Waals surface area contributed by atoms with Gasteiger partial charge in [-0.2, -0.15) is 20.1 Å². The van der Waals surface area contributed by atoms with Crippen LogP contribution in [0.15, 0.2) is 23.3 Å². The zero-order valence-corrected chi connectivity index (χ0v) is 18.0. The molecule has 11 heteroatoms. The van der Waals surface area contributed by atoms with E-state index < -0.39 is 4.92 Å². The second-order valence-corrected chi connectivity index (χ2v) is 8.10. The van der Waals surface area contributed by atoms with Gasteiger partial charge in [-0.05, 0) is 44.6 Å². The number of aromatic nitrogens is 3. The smallest absolute Gasteiger partial charge is 0.288 e. The van der Waals surface area contributed by atoms with Crippen molar-refractivity contribution in [3.8, 4) is 0 Å². The first-order valence-corrected chi connectivity index (χ1v) is 11.0. The van der Waals surface area contributed by atoms with E-state index in [1.165, 1.54) is 31.2 Å². The molecule has 0 saturated carbocycles. The molecular formula is C20H25ClN8O2. The topological polar surface area (TPSA) is 113 Å². The van der Waals surface area contributed by atoms with Gasteiger partial charge in [0.2, 0.25) is 17.8 Å². The summed E-state index contributed by atoms with van der Waals surface area (Å²) < 4.78 is 0. The largest absolute Gasteiger partial charge is 0.341 e. The van der Waals surface area contributed by atoms with Crippen LogP contribution in [0.1, 0.15) is 44.1 Å². The Morgan fingerprint density at radius 3 is 2.10 bits per heavy atom. The van der Waals surface area contributed by atoms with Crippen molar-refractivity contribution in [3.05, 3.63) is 38.9 Å². The number of hydrazone groups is 1. The highest BCUT2D eigenvalue weighted by molar-refractivity contribution is 6.32. The molecule has 0 radical (unpaired) electrons. The monoisotopic (exact) mass is 444 g/mol. The van der Waals surface area contributed by atoms with Crippen LogP contribution >= 0.6 is 11.6 Å². The van der Waals surface area contributed by atoms with Gasteiger partial charge in [-0.3, -0.25) is 10.1 Å². The first-order valence-electron chi connectivity index (χ1n) is 10.6. The van der Waals surface area contributed by atoms with Gasteiger partial charge >= 0.3 is 0 Å². The third-order valence-corrected chi connectivity index (χ3v) is 5.75. The van der Waals surface area contributed by atoms with Gasteiger partial charge in [0.1, 0.15) is 5.02 Å². The van der Waals surface area contributed by atoms with Crippen molar-refractivity contribution in [1.82, 2.24) is 15.0 Å². The number of nitro groups is 1. The van der Waals surface area contributed by atoms with Crippen LogP contribution in [0.25, 0.3) is 0 Å². The van der Waals surface area contributed by atoms with Gasteiger partial charge in [-0.1, -0.05) is 17.7 Å². The van der Waals surface area contributed by atoms with Gasteiger partial charge < -0.3 is 9.80 Å². The van der Waals surface area contributed by atoms with Crippen molar-refractivity contribution in [2.45, 2.75) is 38.5 Å². The van der Waals surface area contributed by atoms with E-state index in [-0.39, 0.29) is 10.7 Å². The van der Waals surface area contributed by atoms with Crippen molar-refractivity contribution < 1.29 is 4.92 Å². The van der Waals surface area contributed by atoms with Crippen molar-refractivity contribution in [3.63, 3.8) is 0 Å². The minimum atomic E-state index is -0.519. The molecule has 0 aliphatic carbocycles. The maximum Gasteiger partial charge on any atom is 0.288 e. The van der Waals surface area contributed by atoms with Gasteiger partial charge in [0.15, 0.2) is 0 Å². The first-order chi connectivity index (χ1) is 15.1. The predicted molar refractivity (Wildman–Crippen MR) is 121 cm³/mol. The van der Waals surface area contributed by atoms with Crippen molar-refractivity contribution in [1.29, 1.82) is 0 Å². The average Bonchev–Trinajstić information content (AvgIpc) is 2.81. The zero-order valence-electron chi connectivity index (χ0n) is 17.2. The Morgan fingerprint density at radius 2 is 1.55 bits per heavy atom. The van der Waals surface area contributed by atoms with Crippen LogP contribution in [0, 0.1) is 10.1 Å². The zero-order chi connectivity index (χ0) is 21.6. The molecule has 10 nitrogen and oxygen atoms in total. The lowest BCUT2D eigenvalue weighted by Crippen LogP contribution is -2.34. The molecule has 0 unspecified atom stereocenters. The summed E-state index contributed by atoms with van der Waals surface area (Å²) in [6, 6.07) is 4.51. The van der Waals surface area contributed by atoms with E-state index in [4.69, 9.17) is 16.6 Å². The number of benzene rings is 1. The van der Waals surface area contributed by atoms with Crippen LogP contribution < -0.4 is 15.2 Å². The molecule has 0 atom stereocenters. The fraction of sp³-hybridized carbons (Fsp3) is 0.500. The molecule has 31 heavy (non-hydrogen) atoms. The molecule has 2 aromatic rings. The molecule has 164 valence electrons. The van der Waals surface area contributed by atoms with Crippen LogP contribution in [0.3, 0.4) is 0 Å². The minimum absolute atomic E-state index is 0.0879. The number of hydrogen-bond acceptors (Lipinski definition) is 9. The molecule has 0 amide bonds. The Bertz CT molecular complexity index is 922. The molecule has 1 N–H and O–H groups in total. The number of anilines is 3. The normalized spacial score (nSPS) is 17.2. The molecular weight excluding hydrogens is 420 g/mol. The van der Waals surface area contributed by atoms with Crippen LogP contribution in [0.5, 0.6) is 0 Å². The Morgan fingerprint density at radius 1 is 0.968 bits per heavy atom. The van der Waals surface area contributed by atoms with Gasteiger partial charge in [0.05, 0.1) is 11.1 Å². The van der Waals surface area contributed by atoms with Crippen LogP contribution in [0.2, 0.25) is 5.02 Å². The minimum Gasteiger partial charge on any atom is -0.341 e. The number of nitrogens with zero attached hydrogens (tertiary/aromatic N) is 7. The number of piperidine rings is 2. The Kier molecular flexibility index (Phi) is 6.76. The van der Waals surface area contributed by atoms with E-state index in [1.54, 1.807) is 6.07 Å². The highest BCUT2D eigenvalue weighted by Gasteiger charge is 2.20. The lowest BCUT2D eigenvalue weighted by Gasteiger charge is -2.30. The Balaban J connectivity index is 1.55. The lowest BCUT2D eigenvalue weighted by molar-refractivity contribution is -0.384. The molecule has 2 fully saturated rings. The standard InChI is InChI=1S/C20H25ClN8O2/c21-16-8-7-15(13-17(16)29(30)31)14-22-26-18-23-19(27-9-3-1-4-10-27)25-20(24-18)28-11-5-2-6-12-28/h7-8,13-14H,1-6,9-12H2,(H,23,24,25,26)/b22-14-. The third-order valence-electron chi connectivity index (χ3n) is 5.43. The number of hydrogen-bond donors (Lipinski definition) is 1. The quantitative estimate of drug-likeness (QED) is 0.406. The molecule has 0 spiro atoms. The van der Waals surface area contributed by atoms with E-state index in [1.807, 2.05) is 0 Å². The van der Waals surface area contributed by atoms with Gasteiger partial charge in [-0.15, -0.1) is 0 Å². The van der Waals surface area contributed by atoms with Crippen molar-refractivity contribution >= 4 is 41.3 Å². The summed E-state index contributed by atoms with van der Waals surface area (Å²) in [6.07, 6.45) is 8.44. The Labute approximate surface area is 185 Å². The van der Waals surface area contributed by atoms with Gasteiger partial charge in [0, 0.05) is 37.8 Å². The van der Waals surface area contributed by atoms with E-state index in [0.717, 1.165) is 51.9 Å². The number of rotatable bonds is 6. The molecule has 2 saturated heterocycles. The van der Waals surface area contributed by atoms with Crippen LogP contribution in [-0.2, 0) is 0 Å². The summed E-state index contributed by atoms with van der Waals surface area (Å²) in [5.41, 5.74) is 3.25. The summed E-state index contributed by atoms with van der Waals surface area (Å²) in [7, 11) is 0. The van der Waals surface area contributed by atoms with Crippen molar-refractivity contribution in [2.75, 3.05) is 41.4 Å². The summed E-state index contributed by atoms with van der Waals surface area (Å²) in [4.78, 5) is 28.8. The van der Waals surface area contributed by atoms with Gasteiger partial charge in [0.25, 0.3) is 5.69 Å². The summed E-state index contributed by atoms with van der Waals surface area (Å²) in [5.74, 6) is 1.68. The SMILES string of the molecule is O=[N+]([O-])c1cc(/C=N\Nc2nc(N3CCCCC3)nc(N3CCCCC3)n2)ccc1Cl. The molecule has 4 rings (SSSR count). The van der Waals surface area contributed by atoms with Gasteiger partial charge in [-0.25, -0.2) is 5.43 Å². The summed E-state index contributed by atoms with van der Waals surface area (Å²) >= 11 is 5.87. The van der Waals surface area contributed by atoms with Crippen molar-refractivity contribution in [2.24, 2.45) is 5.10 Å². The summed E-state index contributed by atoms with van der Waals surface area (Å²) in [5, 5.41) is 15.3. The van der Waals surface area contributed by atoms with E-state index in [2.05, 4.69) is 30.3 Å². The Hall–Kier alpha value is -3.01. The number of halogens is 1. The average molecular weight is 445 g/mol. The summed E-state index contributed by atoms with van der Waals surface area (Å²) in [6.45, 7) is 3.72. The molecule has 0 bridgehead atoms. The van der Waals surface area contributed by atoms with Crippen LogP contribution in [-0.4, -0.2) is 52.3 Å². The number of nitro benzene ring substituents is 1. The second kappa shape index (κ2) is 9.86. The van der Waals surface area contributed by atoms with E-state index in [0.29, 0.717) is 23.4 Å². The maximum absolute atomic E-state index is 11.1. The van der Waals surface area contributed by atoms with Crippen LogP contribution in [0.4, 0.5) is 23.5 Å². The molecule has 1 aromatic carbocycles. The second-order valence-electron chi connectivity index (χ2n) is 7.69. The molecule has 2 aliphatic rings. The van der Waals surface area contributed by atoms with E-state index >= 15 is 0 Å². The molecule has 2 aliphatic heterocycles. The fourth-order valence-electron chi connectivity index (χ4n) is 3.79.